The minimum atomic E-state index is -2.42. The highest BCUT2D eigenvalue weighted by atomic mass is 32.2. The quantitative estimate of drug-likeness (QED) is 0.365. The van der Waals surface area contributed by atoms with E-state index in [9.17, 15) is 13.6 Å². The Labute approximate surface area is 86.2 Å². The molecule has 6 heteroatoms. The van der Waals surface area contributed by atoms with Crippen LogP contribution in [0.3, 0.4) is 0 Å². The Morgan fingerprint density at radius 1 is 1.79 bits per heavy atom. The third-order valence-electron chi connectivity index (χ3n) is 1.71. The Morgan fingerprint density at radius 2 is 2.36 bits per heavy atom. The summed E-state index contributed by atoms with van der Waals surface area (Å²) in [6, 6.07) is -0.805. The molecule has 0 aliphatic heterocycles. The van der Waals surface area contributed by atoms with E-state index in [0.29, 0.717) is 0 Å². The van der Waals surface area contributed by atoms with Crippen LogP contribution in [0.1, 0.15) is 13.3 Å². The molecule has 0 aliphatic carbocycles. The molecule has 0 spiro atoms. The number of ether oxygens (including phenoxy) is 1. The van der Waals surface area contributed by atoms with Gasteiger partial charge in [-0.25, -0.2) is 4.31 Å². The van der Waals surface area contributed by atoms with E-state index in [2.05, 4.69) is 11.3 Å². The van der Waals surface area contributed by atoms with Crippen molar-refractivity contribution in [3.63, 3.8) is 0 Å². The summed E-state index contributed by atoms with van der Waals surface area (Å²) in [5.41, 5.74) is 0. The number of hydrogen-bond donors (Lipinski definition) is 0. The summed E-state index contributed by atoms with van der Waals surface area (Å²) in [4.78, 5) is 11.2. The molecule has 0 fully saturated rings. The van der Waals surface area contributed by atoms with Crippen molar-refractivity contribution in [3.05, 3.63) is 12.7 Å². The van der Waals surface area contributed by atoms with Crippen LogP contribution in [0, 0.1) is 0 Å². The van der Waals surface area contributed by atoms with Gasteiger partial charge in [0.05, 0.1) is 7.11 Å². The van der Waals surface area contributed by atoms with Crippen molar-refractivity contribution in [1.29, 1.82) is 0 Å². The van der Waals surface area contributed by atoms with Gasteiger partial charge >= 0.3 is 5.97 Å². The zero-order valence-electron chi connectivity index (χ0n) is 8.26. The van der Waals surface area contributed by atoms with Gasteiger partial charge in [0.1, 0.15) is 6.04 Å². The first-order valence-corrected chi connectivity index (χ1v) is 5.16. The van der Waals surface area contributed by atoms with Crippen LogP contribution >= 0.6 is 0 Å². The third kappa shape index (κ3) is 3.57. The summed E-state index contributed by atoms with van der Waals surface area (Å²) in [6.45, 7) is 5.33. The van der Waals surface area contributed by atoms with Crippen molar-refractivity contribution in [2.45, 2.75) is 19.4 Å². The molecule has 14 heavy (non-hydrogen) atoms. The Balaban J connectivity index is 4.67. The molecular weight excluding hydrogens is 206 g/mol. The molecule has 0 aliphatic rings. The SMILES string of the molecule is C=CC[C@@H](C(=O)OC)N(CC)S(=O)[O-]. The first kappa shape index (κ1) is 13.3. The third-order valence-corrected chi connectivity index (χ3v) is 2.61. The Bertz CT molecular complexity index is 231. The zero-order chi connectivity index (χ0) is 11.1. The monoisotopic (exact) mass is 220 g/mol. The maximum Gasteiger partial charge on any atom is 0.324 e. The topological polar surface area (TPSA) is 69.7 Å². The van der Waals surface area contributed by atoms with E-state index in [1.165, 1.54) is 13.2 Å². The second-order valence-electron chi connectivity index (χ2n) is 2.51. The van der Waals surface area contributed by atoms with Gasteiger partial charge in [0.15, 0.2) is 0 Å². The molecule has 0 bridgehead atoms. The van der Waals surface area contributed by atoms with Crippen molar-refractivity contribution in [2.75, 3.05) is 13.7 Å². The molecule has 0 aromatic rings. The number of methoxy groups -OCH3 is 1. The van der Waals surface area contributed by atoms with Crippen LogP contribution in [-0.4, -0.2) is 38.7 Å². The number of esters is 1. The number of likely N-dealkylation sites (N-methyl/N-ethyl adjacent to an activating group) is 1. The lowest BCUT2D eigenvalue weighted by atomic mass is 10.2. The predicted octanol–water partition coefficient (Wildman–Crippen LogP) is 0.220. The van der Waals surface area contributed by atoms with Gasteiger partial charge in [0, 0.05) is 17.8 Å². The Morgan fingerprint density at radius 3 is 2.64 bits per heavy atom. The highest BCUT2D eigenvalue weighted by molar-refractivity contribution is 7.76. The molecule has 1 unspecified atom stereocenters. The molecule has 0 heterocycles. The number of carbonyl (C=O) groups is 1. The second-order valence-corrected chi connectivity index (χ2v) is 3.42. The van der Waals surface area contributed by atoms with Crippen LogP contribution in [0.15, 0.2) is 12.7 Å². The smallest absolute Gasteiger partial charge is 0.324 e. The van der Waals surface area contributed by atoms with Crippen LogP contribution < -0.4 is 0 Å². The molecule has 82 valence electrons. The average molecular weight is 220 g/mol. The number of nitrogens with zero attached hydrogens (tertiary/aromatic N) is 1. The maximum atomic E-state index is 11.2. The molecule has 0 rings (SSSR count). The van der Waals surface area contributed by atoms with Crippen molar-refractivity contribution in [1.82, 2.24) is 4.31 Å². The summed E-state index contributed by atoms with van der Waals surface area (Å²) in [5.74, 6) is -0.573. The van der Waals surface area contributed by atoms with Crippen LogP contribution in [0.4, 0.5) is 0 Å². The van der Waals surface area contributed by atoms with Gasteiger partial charge in [-0.2, -0.15) is 0 Å². The lowest BCUT2D eigenvalue weighted by molar-refractivity contribution is -0.145. The van der Waals surface area contributed by atoms with E-state index in [4.69, 9.17) is 0 Å². The first-order valence-electron chi connectivity index (χ1n) is 4.13. The van der Waals surface area contributed by atoms with Gasteiger partial charge in [0.25, 0.3) is 0 Å². The lowest BCUT2D eigenvalue weighted by Crippen LogP contribution is -2.42. The second kappa shape index (κ2) is 6.69. The van der Waals surface area contributed by atoms with E-state index in [-0.39, 0.29) is 13.0 Å². The van der Waals surface area contributed by atoms with E-state index in [1.54, 1.807) is 6.92 Å². The number of hydrogen-bond acceptors (Lipinski definition) is 4. The van der Waals surface area contributed by atoms with Crippen LogP contribution in [0.2, 0.25) is 0 Å². The molecule has 0 saturated carbocycles. The van der Waals surface area contributed by atoms with Gasteiger partial charge in [0.2, 0.25) is 0 Å². The van der Waals surface area contributed by atoms with Gasteiger partial charge in [-0.3, -0.25) is 9.00 Å². The van der Waals surface area contributed by atoms with Gasteiger partial charge in [-0.1, -0.05) is 13.0 Å². The van der Waals surface area contributed by atoms with E-state index >= 15 is 0 Å². The molecule has 0 aromatic heterocycles. The first-order chi connectivity index (χ1) is 6.58. The summed E-state index contributed by atoms with van der Waals surface area (Å²) in [7, 11) is 1.22. The van der Waals surface area contributed by atoms with Crippen molar-refractivity contribution in [3.8, 4) is 0 Å². The molecule has 5 nitrogen and oxygen atoms in total. The fourth-order valence-corrected chi connectivity index (χ4v) is 1.65. The molecular formula is C8H14NO4S-. The number of rotatable bonds is 6. The zero-order valence-corrected chi connectivity index (χ0v) is 9.08. The summed E-state index contributed by atoms with van der Waals surface area (Å²) >= 11 is -2.42. The largest absolute Gasteiger partial charge is 0.760 e. The van der Waals surface area contributed by atoms with E-state index < -0.39 is 23.3 Å². The highest BCUT2D eigenvalue weighted by Crippen LogP contribution is 2.08. The van der Waals surface area contributed by atoms with Crippen molar-refractivity contribution >= 4 is 17.2 Å². The molecule has 2 atom stereocenters. The number of carbonyl (C=O) groups excluding carboxylic acids is 1. The fourth-order valence-electron chi connectivity index (χ4n) is 1.05. The summed E-state index contributed by atoms with van der Waals surface area (Å²) in [5, 5.41) is 0. The molecule has 0 radical (unpaired) electrons. The minimum absolute atomic E-state index is 0.226. The molecule has 0 saturated heterocycles. The lowest BCUT2D eigenvalue weighted by Gasteiger charge is -2.28. The van der Waals surface area contributed by atoms with Gasteiger partial charge in [-0.05, 0) is 6.42 Å². The maximum absolute atomic E-state index is 11.2. The standard InChI is InChI=1S/C8H15NO4S/c1-4-6-7(8(10)13-3)9(5-2)14(11)12/h4,7H,1,5-6H2,2-3H3,(H,11,12)/p-1/t7-/m0/s1. The van der Waals surface area contributed by atoms with Crippen LogP contribution in [0.5, 0.6) is 0 Å². The average Bonchev–Trinajstić information content (AvgIpc) is 2.16. The van der Waals surface area contributed by atoms with Crippen molar-refractivity contribution in [2.24, 2.45) is 0 Å². The highest BCUT2D eigenvalue weighted by Gasteiger charge is 2.24. The Kier molecular flexibility index (Phi) is 6.35. The fraction of sp³-hybridized carbons (Fsp3) is 0.625. The molecule has 0 aromatic carbocycles. The van der Waals surface area contributed by atoms with Gasteiger partial charge in [-0.15, -0.1) is 6.58 Å². The normalized spacial score (nSPS) is 14.9. The predicted molar refractivity (Wildman–Crippen MR) is 51.9 cm³/mol. The summed E-state index contributed by atoms with van der Waals surface area (Å²) in [6.07, 6.45) is 1.73. The van der Waals surface area contributed by atoms with E-state index in [0.717, 1.165) is 4.31 Å². The summed E-state index contributed by atoms with van der Waals surface area (Å²) < 4.78 is 27.0. The van der Waals surface area contributed by atoms with Crippen LogP contribution in [-0.2, 0) is 20.8 Å². The van der Waals surface area contributed by atoms with Crippen LogP contribution in [0.25, 0.3) is 0 Å². The van der Waals surface area contributed by atoms with E-state index in [1.807, 2.05) is 0 Å². The van der Waals surface area contributed by atoms with Gasteiger partial charge < -0.3 is 9.29 Å². The molecule has 0 N–H and O–H groups in total. The molecule has 0 amide bonds. The Hall–Kier alpha value is -0.720. The van der Waals surface area contributed by atoms with Crippen molar-refractivity contribution < 1.29 is 18.3 Å². The minimum Gasteiger partial charge on any atom is -0.760 e.